The molecule has 3 aromatic rings. The molecule has 1 fully saturated rings. The quantitative estimate of drug-likeness (QED) is 0.289. The van der Waals surface area contributed by atoms with Gasteiger partial charge in [-0.3, -0.25) is 9.59 Å². The van der Waals surface area contributed by atoms with Crippen molar-refractivity contribution in [2.45, 2.75) is 12.5 Å². The minimum absolute atomic E-state index is 0.125. The number of ether oxygens (including phenoxy) is 1. The summed E-state index contributed by atoms with van der Waals surface area (Å²) in [7, 11) is 1.60. The Hall–Kier alpha value is -3.44. The van der Waals surface area contributed by atoms with Crippen molar-refractivity contribution < 1.29 is 19.4 Å². The Morgan fingerprint density at radius 1 is 0.967 bits per heavy atom. The molecular formula is C25H23NO4. The molecule has 152 valence electrons. The van der Waals surface area contributed by atoms with E-state index in [4.69, 9.17) is 4.74 Å². The number of aliphatic hydroxyl groups excluding tert-OH is 1. The van der Waals surface area contributed by atoms with Crippen molar-refractivity contribution in [1.82, 2.24) is 4.90 Å². The van der Waals surface area contributed by atoms with Crippen molar-refractivity contribution in [3.8, 4) is 0 Å². The zero-order chi connectivity index (χ0) is 21.1. The molecule has 3 aromatic carbocycles. The number of carbonyl (C=O) groups excluding carboxylic acids is 2. The Morgan fingerprint density at radius 2 is 1.67 bits per heavy atom. The summed E-state index contributed by atoms with van der Waals surface area (Å²) in [5.74, 6) is -1.41. The summed E-state index contributed by atoms with van der Waals surface area (Å²) in [6, 6.07) is 21.9. The number of benzene rings is 3. The predicted octanol–water partition coefficient (Wildman–Crippen LogP) is 4.30. The molecular weight excluding hydrogens is 378 g/mol. The number of carbonyl (C=O) groups is 2. The lowest BCUT2D eigenvalue weighted by Crippen LogP contribution is -2.31. The SMILES string of the molecule is COCCCN1C(=O)C(=O)/C(=C(/O)c2ccccc2)[C@@H]1c1cccc2ccccc12. The van der Waals surface area contributed by atoms with E-state index < -0.39 is 17.7 Å². The van der Waals surface area contributed by atoms with Gasteiger partial charge < -0.3 is 14.7 Å². The Labute approximate surface area is 175 Å². The van der Waals surface area contributed by atoms with Crippen LogP contribution in [0.3, 0.4) is 0 Å². The molecule has 1 aliphatic heterocycles. The van der Waals surface area contributed by atoms with E-state index in [0.29, 0.717) is 25.1 Å². The van der Waals surface area contributed by atoms with E-state index in [1.807, 2.05) is 48.5 Å². The lowest BCUT2D eigenvalue weighted by Gasteiger charge is -2.26. The molecule has 0 spiro atoms. The number of ketones is 1. The Morgan fingerprint density at radius 3 is 2.43 bits per heavy atom. The number of rotatable bonds is 6. The molecule has 1 saturated heterocycles. The van der Waals surface area contributed by atoms with Gasteiger partial charge in [0.25, 0.3) is 11.7 Å². The normalized spacial score (nSPS) is 18.3. The first-order valence-corrected chi connectivity index (χ1v) is 9.94. The summed E-state index contributed by atoms with van der Waals surface area (Å²) in [6.45, 7) is 0.835. The van der Waals surface area contributed by atoms with E-state index >= 15 is 0 Å². The molecule has 5 nitrogen and oxygen atoms in total. The van der Waals surface area contributed by atoms with Crippen LogP contribution in [-0.4, -0.2) is 42.0 Å². The van der Waals surface area contributed by atoms with Crippen LogP contribution in [0.4, 0.5) is 0 Å². The maximum atomic E-state index is 13.0. The van der Waals surface area contributed by atoms with Gasteiger partial charge in [0.05, 0.1) is 11.6 Å². The highest BCUT2D eigenvalue weighted by Crippen LogP contribution is 2.41. The summed E-state index contributed by atoms with van der Waals surface area (Å²) < 4.78 is 5.13. The topological polar surface area (TPSA) is 66.8 Å². The van der Waals surface area contributed by atoms with Crippen molar-refractivity contribution in [1.29, 1.82) is 0 Å². The fourth-order valence-corrected chi connectivity index (χ4v) is 4.05. The molecule has 0 bridgehead atoms. The molecule has 0 unspecified atom stereocenters. The number of hydrogen-bond donors (Lipinski definition) is 1. The molecule has 0 saturated carbocycles. The highest BCUT2D eigenvalue weighted by molar-refractivity contribution is 6.46. The van der Waals surface area contributed by atoms with Crippen LogP contribution in [-0.2, 0) is 14.3 Å². The summed E-state index contributed by atoms with van der Waals surface area (Å²) in [6.07, 6.45) is 0.593. The summed E-state index contributed by atoms with van der Waals surface area (Å²) >= 11 is 0. The van der Waals surface area contributed by atoms with Gasteiger partial charge in [-0.15, -0.1) is 0 Å². The van der Waals surface area contributed by atoms with E-state index in [2.05, 4.69) is 0 Å². The third-order valence-electron chi connectivity index (χ3n) is 5.45. The number of methoxy groups -OCH3 is 1. The molecule has 5 heteroatoms. The van der Waals surface area contributed by atoms with Crippen LogP contribution in [0.25, 0.3) is 16.5 Å². The number of hydrogen-bond acceptors (Lipinski definition) is 4. The second-order valence-corrected chi connectivity index (χ2v) is 7.27. The Balaban J connectivity index is 1.92. The van der Waals surface area contributed by atoms with Crippen molar-refractivity contribution >= 4 is 28.2 Å². The average Bonchev–Trinajstić information content (AvgIpc) is 3.04. The smallest absolute Gasteiger partial charge is 0.295 e. The third-order valence-corrected chi connectivity index (χ3v) is 5.45. The van der Waals surface area contributed by atoms with E-state index in [1.54, 1.807) is 36.3 Å². The van der Waals surface area contributed by atoms with Crippen LogP contribution >= 0.6 is 0 Å². The van der Waals surface area contributed by atoms with Crippen LogP contribution in [0.1, 0.15) is 23.6 Å². The highest BCUT2D eigenvalue weighted by Gasteiger charge is 2.46. The molecule has 30 heavy (non-hydrogen) atoms. The number of nitrogens with zero attached hydrogens (tertiary/aromatic N) is 1. The number of fused-ring (bicyclic) bond motifs is 1. The monoisotopic (exact) mass is 401 g/mol. The lowest BCUT2D eigenvalue weighted by atomic mass is 9.91. The Bertz CT molecular complexity index is 1110. The van der Waals surface area contributed by atoms with E-state index in [9.17, 15) is 14.7 Å². The van der Waals surface area contributed by atoms with Gasteiger partial charge in [-0.25, -0.2) is 0 Å². The second-order valence-electron chi connectivity index (χ2n) is 7.27. The fourth-order valence-electron chi connectivity index (χ4n) is 4.05. The largest absolute Gasteiger partial charge is 0.507 e. The maximum Gasteiger partial charge on any atom is 0.295 e. The molecule has 1 aliphatic rings. The van der Waals surface area contributed by atoms with Gasteiger partial charge in [0.2, 0.25) is 0 Å². The summed E-state index contributed by atoms with van der Waals surface area (Å²) in [4.78, 5) is 27.6. The van der Waals surface area contributed by atoms with Crippen molar-refractivity contribution in [2.24, 2.45) is 0 Å². The first-order valence-electron chi connectivity index (χ1n) is 9.94. The number of amides is 1. The van der Waals surface area contributed by atoms with Gasteiger partial charge in [-0.1, -0.05) is 72.8 Å². The fraction of sp³-hybridized carbons (Fsp3) is 0.200. The van der Waals surface area contributed by atoms with Gasteiger partial charge in [0.15, 0.2) is 0 Å². The molecule has 1 amide bonds. The molecule has 4 rings (SSSR count). The van der Waals surface area contributed by atoms with Crippen LogP contribution in [0.15, 0.2) is 78.4 Å². The molecule has 0 aliphatic carbocycles. The molecule has 1 atom stereocenters. The van der Waals surface area contributed by atoms with Crippen molar-refractivity contribution in [2.75, 3.05) is 20.3 Å². The molecule has 0 radical (unpaired) electrons. The van der Waals surface area contributed by atoms with Crippen LogP contribution in [0, 0.1) is 0 Å². The van der Waals surface area contributed by atoms with E-state index in [-0.39, 0.29) is 11.3 Å². The highest BCUT2D eigenvalue weighted by atomic mass is 16.5. The number of aliphatic hydroxyl groups is 1. The average molecular weight is 401 g/mol. The number of Topliss-reactive ketones (excluding diaryl/α,β-unsaturated/α-hetero) is 1. The standard InChI is InChI=1S/C25H23NO4/c1-30-16-8-15-26-22(20-14-7-12-17-9-5-6-13-19(17)20)21(24(28)25(26)29)23(27)18-10-3-2-4-11-18/h2-7,9-14,22,27H,8,15-16H2,1H3/b23-21+/t22-/m0/s1. The number of likely N-dealkylation sites (tertiary alicyclic amines) is 1. The summed E-state index contributed by atoms with van der Waals surface area (Å²) in [5.41, 5.74) is 1.46. The van der Waals surface area contributed by atoms with Crippen LogP contribution in [0.2, 0.25) is 0 Å². The predicted molar refractivity (Wildman–Crippen MR) is 116 cm³/mol. The van der Waals surface area contributed by atoms with Gasteiger partial charge in [-0.05, 0) is 22.8 Å². The lowest BCUT2D eigenvalue weighted by molar-refractivity contribution is -0.140. The van der Waals surface area contributed by atoms with E-state index in [1.165, 1.54) is 0 Å². The molecule has 0 aromatic heterocycles. The van der Waals surface area contributed by atoms with Gasteiger partial charge in [-0.2, -0.15) is 0 Å². The van der Waals surface area contributed by atoms with Gasteiger partial charge in [0.1, 0.15) is 5.76 Å². The minimum Gasteiger partial charge on any atom is -0.507 e. The first-order chi connectivity index (χ1) is 14.6. The van der Waals surface area contributed by atoms with Gasteiger partial charge in [0, 0.05) is 25.8 Å². The van der Waals surface area contributed by atoms with Crippen LogP contribution < -0.4 is 0 Å². The second kappa shape index (κ2) is 8.51. The zero-order valence-electron chi connectivity index (χ0n) is 16.7. The molecule has 1 N–H and O–H groups in total. The van der Waals surface area contributed by atoms with Crippen molar-refractivity contribution in [3.05, 3.63) is 89.5 Å². The van der Waals surface area contributed by atoms with E-state index in [0.717, 1.165) is 16.3 Å². The minimum atomic E-state index is -0.660. The van der Waals surface area contributed by atoms with Crippen LogP contribution in [0.5, 0.6) is 0 Å². The van der Waals surface area contributed by atoms with Gasteiger partial charge >= 0.3 is 0 Å². The Kier molecular flexibility index (Phi) is 5.63. The molecule has 1 heterocycles. The summed E-state index contributed by atoms with van der Waals surface area (Å²) in [5, 5.41) is 13.0. The maximum absolute atomic E-state index is 13.0. The van der Waals surface area contributed by atoms with Crippen molar-refractivity contribution in [3.63, 3.8) is 0 Å². The zero-order valence-corrected chi connectivity index (χ0v) is 16.7. The third kappa shape index (κ3) is 3.48. The first kappa shape index (κ1) is 19.9.